The summed E-state index contributed by atoms with van der Waals surface area (Å²) in [7, 11) is -2.27. The van der Waals surface area contributed by atoms with Crippen LogP contribution in [0.4, 0.5) is 11.4 Å². The number of nitro groups is 1. The maximum atomic E-state index is 12.4. The highest BCUT2D eigenvalue weighted by Gasteiger charge is 2.25. The number of anilines is 1. The predicted molar refractivity (Wildman–Crippen MR) is 80.7 cm³/mol. The number of halogens is 1. The van der Waals surface area contributed by atoms with Gasteiger partial charge in [0.25, 0.3) is 15.7 Å². The first-order chi connectivity index (χ1) is 9.34. The molecule has 20 heavy (non-hydrogen) atoms. The summed E-state index contributed by atoms with van der Waals surface area (Å²) >= 11 is 4.29. The molecule has 2 rings (SSSR count). The van der Waals surface area contributed by atoms with Crippen LogP contribution in [0.25, 0.3) is 0 Å². The highest BCUT2D eigenvalue weighted by molar-refractivity contribution is 9.10. The summed E-state index contributed by atoms with van der Waals surface area (Å²) < 4.78 is 26.6. The van der Waals surface area contributed by atoms with Gasteiger partial charge >= 0.3 is 0 Å². The monoisotopic (exact) mass is 376 g/mol. The van der Waals surface area contributed by atoms with Gasteiger partial charge in [-0.1, -0.05) is 0 Å². The molecule has 0 radical (unpaired) electrons. The maximum absolute atomic E-state index is 12.4. The van der Waals surface area contributed by atoms with Crippen LogP contribution in [-0.2, 0) is 10.0 Å². The zero-order valence-corrected chi connectivity index (χ0v) is 13.4. The fourth-order valence-electron chi connectivity index (χ4n) is 1.51. The lowest BCUT2D eigenvalue weighted by molar-refractivity contribution is -0.384. The van der Waals surface area contributed by atoms with Crippen LogP contribution in [0.15, 0.2) is 44.4 Å². The minimum atomic E-state index is -3.68. The van der Waals surface area contributed by atoms with Crippen molar-refractivity contribution in [3.63, 3.8) is 0 Å². The summed E-state index contributed by atoms with van der Waals surface area (Å²) in [5.74, 6) is 0. The number of nitro benzene ring substituents is 1. The first-order valence-corrected chi connectivity index (χ1v) is 8.41. The first kappa shape index (κ1) is 14.9. The van der Waals surface area contributed by atoms with Crippen molar-refractivity contribution in [2.45, 2.75) is 4.21 Å². The third-order valence-electron chi connectivity index (χ3n) is 2.60. The number of hydrogen-bond donors (Lipinski definition) is 0. The molecule has 9 heteroatoms. The van der Waals surface area contributed by atoms with Crippen molar-refractivity contribution in [1.82, 2.24) is 0 Å². The maximum Gasteiger partial charge on any atom is 0.274 e. The van der Waals surface area contributed by atoms with E-state index in [4.69, 9.17) is 0 Å². The molecule has 0 unspecified atom stereocenters. The van der Waals surface area contributed by atoms with Gasteiger partial charge in [0, 0.05) is 23.7 Å². The van der Waals surface area contributed by atoms with Gasteiger partial charge in [-0.25, -0.2) is 8.42 Å². The second-order valence-corrected chi connectivity index (χ2v) is 7.74. The second-order valence-electron chi connectivity index (χ2n) is 3.80. The number of non-ortho nitro benzene ring substituents is 1. The van der Waals surface area contributed by atoms with Gasteiger partial charge in [0.1, 0.15) is 0 Å². The van der Waals surface area contributed by atoms with E-state index in [-0.39, 0.29) is 9.90 Å². The van der Waals surface area contributed by atoms with E-state index in [2.05, 4.69) is 15.9 Å². The van der Waals surface area contributed by atoms with E-state index in [9.17, 15) is 18.5 Å². The Bertz CT molecular complexity index is 740. The molecule has 0 spiro atoms. The standard InChI is InChI=1S/C11H9BrN2O4S2/c1-13(8-2-4-9(5-3-8)14(15)16)20(17,18)11-10(12)6-7-19-11/h2-7H,1H3. The van der Waals surface area contributed by atoms with Crippen LogP contribution in [0.1, 0.15) is 0 Å². The molecule has 0 saturated carbocycles. The number of sulfonamides is 1. The predicted octanol–water partition coefficient (Wildman–Crippen LogP) is 3.24. The Kier molecular flexibility index (Phi) is 4.11. The minimum Gasteiger partial charge on any atom is -0.269 e. The lowest BCUT2D eigenvalue weighted by Crippen LogP contribution is -2.26. The third kappa shape index (κ3) is 2.69. The number of hydrogen-bond acceptors (Lipinski definition) is 5. The molecular weight excluding hydrogens is 368 g/mol. The molecule has 106 valence electrons. The van der Waals surface area contributed by atoms with Crippen LogP contribution < -0.4 is 4.31 Å². The summed E-state index contributed by atoms with van der Waals surface area (Å²) in [5.41, 5.74) is 0.271. The van der Waals surface area contributed by atoms with E-state index in [1.165, 1.54) is 31.3 Å². The van der Waals surface area contributed by atoms with E-state index in [0.29, 0.717) is 10.2 Å². The minimum absolute atomic E-state index is 0.0862. The van der Waals surface area contributed by atoms with Gasteiger partial charge in [-0.05, 0) is 39.5 Å². The lowest BCUT2D eigenvalue weighted by Gasteiger charge is -2.18. The van der Waals surface area contributed by atoms with Gasteiger partial charge in [-0.15, -0.1) is 11.3 Å². The lowest BCUT2D eigenvalue weighted by atomic mass is 10.3. The zero-order valence-electron chi connectivity index (χ0n) is 10.2. The molecule has 2 aromatic rings. The van der Waals surface area contributed by atoms with Crippen molar-refractivity contribution in [3.8, 4) is 0 Å². The topological polar surface area (TPSA) is 80.5 Å². The number of thiophene rings is 1. The van der Waals surface area contributed by atoms with Crippen molar-refractivity contribution in [2.75, 3.05) is 11.4 Å². The first-order valence-electron chi connectivity index (χ1n) is 5.30. The van der Waals surface area contributed by atoms with Crippen molar-refractivity contribution in [3.05, 3.63) is 50.3 Å². The highest BCUT2D eigenvalue weighted by atomic mass is 79.9. The van der Waals surface area contributed by atoms with E-state index in [1.807, 2.05) is 0 Å². The average molecular weight is 377 g/mol. The molecule has 0 amide bonds. The number of nitrogens with zero attached hydrogens (tertiary/aromatic N) is 2. The number of rotatable bonds is 4. The van der Waals surface area contributed by atoms with Gasteiger partial charge in [0.2, 0.25) is 0 Å². The zero-order chi connectivity index (χ0) is 14.9. The van der Waals surface area contributed by atoms with Crippen molar-refractivity contribution in [2.24, 2.45) is 0 Å². The fraction of sp³-hybridized carbons (Fsp3) is 0.0909. The van der Waals surface area contributed by atoms with Crippen LogP contribution in [0.2, 0.25) is 0 Å². The van der Waals surface area contributed by atoms with E-state index < -0.39 is 14.9 Å². The molecule has 0 aliphatic carbocycles. The molecular formula is C11H9BrN2O4S2. The summed E-state index contributed by atoms with van der Waals surface area (Å²) in [6, 6.07) is 6.99. The molecule has 1 aromatic heterocycles. The Morgan fingerprint density at radius 3 is 2.30 bits per heavy atom. The molecule has 1 heterocycles. The van der Waals surface area contributed by atoms with Gasteiger partial charge < -0.3 is 0 Å². The van der Waals surface area contributed by atoms with Crippen LogP contribution in [0.5, 0.6) is 0 Å². The SMILES string of the molecule is CN(c1ccc([N+](=O)[O-])cc1)S(=O)(=O)c1sccc1Br. The van der Waals surface area contributed by atoms with Crippen LogP contribution in [0.3, 0.4) is 0 Å². The highest BCUT2D eigenvalue weighted by Crippen LogP contribution is 2.32. The Morgan fingerprint density at radius 1 is 1.25 bits per heavy atom. The Hall–Kier alpha value is -1.45. The second kappa shape index (κ2) is 5.51. The van der Waals surface area contributed by atoms with E-state index >= 15 is 0 Å². The van der Waals surface area contributed by atoms with E-state index in [1.54, 1.807) is 11.4 Å². The van der Waals surface area contributed by atoms with Crippen molar-refractivity contribution < 1.29 is 13.3 Å². The van der Waals surface area contributed by atoms with Crippen LogP contribution in [0, 0.1) is 10.1 Å². The summed E-state index contributed by atoms with van der Waals surface area (Å²) in [6.45, 7) is 0. The van der Waals surface area contributed by atoms with E-state index in [0.717, 1.165) is 15.6 Å². The molecule has 0 aliphatic rings. The number of benzene rings is 1. The molecule has 0 aliphatic heterocycles. The molecule has 0 bridgehead atoms. The van der Waals surface area contributed by atoms with Crippen molar-refractivity contribution in [1.29, 1.82) is 0 Å². The smallest absolute Gasteiger partial charge is 0.269 e. The molecule has 0 saturated heterocycles. The Balaban J connectivity index is 2.38. The fourth-order valence-corrected chi connectivity index (χ4v) is 5.17. The normalized spacial score (nSPS) is 11.3. The van der Waals surface area contributed by atoms with Gasteiger partial charge in [-0.3, -0.25) is 14.4 Å². The Morgan fingerprint density at radius 2 is 1.85 bits per heavy atom. The Labute approximate surface area is 128 Å². The van der Waals surface area contributed by atoms with Gasteiger partial charge in [-0.2, -0.15) is 0 Å². The van der Waals surface area contributed by atoms with Crippen LogP contribution in [-0.4, -0.2) is 20.4 Å². The third-order valence-corrected chi connectivity index (χ3v) is 7.04. The summed E-state index contributed by atoms with van der Waals surface area (Å²) in [6.07, 6.45) is 0. The average Bonchev–Trinajstić information content (AvgIpc) is 2.85. The van der Waals surface area contributed by atoms with Gasteiger partial charge in [0.15, 0.2) is 4.21 Å². The molecule has 0 atom stereocenters. The molecule has 0 fully saturated rings. The quantitative estimate of drug-likeness (QED) is 0.605. The molecule has 0 N–H and O–H groups in total. The van der Waals surface area contributed by atoms with Crippen molar-refractivity contribution >= 4 is 48.7 Å². The molecule has 6 nitrogen and oxygen atoms in total. The summed E-state index contributed by atoms with van der Waals surface area (Å²) in [4.78, 5) is 10.0. The summed E-state index contributed by atoms with van der Waals surface area (Å²) in [5, 5.41) is 12.2. The van der Waals surface area contributed by atoms with Crippen LogP contribution >= 0.6 is 27.3 Å². The largest absolute Gasteiger partial charge is 0.274 e. The molecule has 1 aromatic carbocycles. The van der Waals surface area contributed by atoms with Gasteiger partial charge in [0.05, 0.1) is 10.6 Å².